The summed E-state index contributed by atoms with van der Waals surface area (Å²) >= 11 is 0. The summed E-state index contributed by atoms with van der Waals surface area (Å²) in [6.45, 7) is 13.8. The van der Waals surface area contributed by atoms with Gasteiger partial charge in [-0.15, -0.1) is 0 Å². The number of rotatable bonds is 8. The van der Waals surface area contributed by atoms with Gasteiger partial charge in [-0.3, -0.25) is 0 Å². The van der Waals surface area contributed by atoms with Crippen LogP contribution in [0.15, 0.2) is 60.7 Å². The highest BCUT2D eigenvalue weighted by Crippen LogP contribution is 2.55. The van der Waals surface area contributed by atoms with Crippen molar-refractivity contribution in [3.05, 3.63) is 94.0 Å². The number of hydrogen-bond donors (Lipinski definition) is 0. The van der Waals surface area contributed by atoms with E-state index in [2.05, 4.69) is 102 Å². The zero-order chi connectivity index (χ0) is 23.6. The third-order valence-corrected chi connectivity index (χ3v) is 7.69. The summed E-state index contributed by atoms with van der Waals surface area (Å²) in [5.74, 6) is 0. The molecule has 3 aromatic rings. The second-order valence-electron chi connectivity index (χ2n) is 11.4. The molecule has 0 bridgehead atoms. The van der Waals surface area contributed by atoms with Gasteiger partial charge in [0.1, 0.15) is 0 Å². The van der Waals surface area contributed by atoms with Crippen LogP contribution < -0.4 is 0 Å². The lowest BCUT2D eigenvalue weighted by atomic mass is 9.68. The first-order chi connectivity index (χ1) is 15.8. The van der Waals surface area contributed by atoms with Crippen LogP contribution >= 0.6 is 0 Å². The minimum absolute atomic E-state index is 0.0608. The fourth-order valence-electron chi connectivity index (χ4n) is 5.78. The highest BCUT2D eigenvalue weighted by atomic mass is 14.5. The average molecular weight is 439 g/mol. The predicted molar refractivity (Wildman–Crippen MR) is 144 cm³/mol. The summed E-state index contributed by atoms with van der Waals surface area (Å²) in [5, 5.41) is 0. The summed E-state index contributed by atoms with van der Waals surface area (Å²) in [6, 6.07) is 23.8. The van der Waals surface area contributed by atoms with Gasteiger partial charge in [-0.25, -0.2) is 0 Å². The molecular weight excluding hydrogens is 396 g/mol. The Morgan fingerprint density at radius 3 is 1.82 bits per heavy atom. The standard InChI is InChI=1S/C33H42/c1-7-8-9-10-11-12-20-33(27-15-13-14-26(23-27)32(4,5)6)30-21-24(2)16-18-28(30)29-19-17-25(3)22-31(29)33/h13-19,21-23H,7-12,20H2,1-6H3. The molecule has 1 aliphatic rings. The maximum Gasteiger partial charge on any atom is 0.0463 e. The first kappa shape index (κ1) is 23.8. The molecule has 0 amide bonds. The largest absolute Gasteiger partial charge is 0.0654 e. The van der Waals surface area contributed by atoms with Crippen molar-refractivity contribution in [2.75, 3.05) is 0 Å². The third-order valence-electron chi connectivity index (χ3n) is 7.69. The summed E-state index contributed by atoms with van der Waals surface area (Å²) in [6.07, 6.45) is 9.17. The van der Waals surface area contributed by atoms with Crippen molar-refractivity contribution >= 4 is 0 Å². The second-order valence-corrected chi connectivity index (χ2v) is 11.4. The Balaban J connectivity index is 1.88. The molecule has 0 N–H and O–H groups in total. The molecule has 33 heavy (non-hydrogen) atoms. The van der Waals surface area contributed by atoms with Gasteiger partial charge in [-0.2, -0.15) is 0 Å². The molecule has 0 spiro atoms. The Hall–Kier alpha value is -2.34. The van der Waals surface area contributed by atoms with E-state index in [4.69, 9.17) is 0 Å². The summed E-state index contributed by atoms with van der Waals surface area (Å²) in [7, 11) is 0. The summed E-state index contributed by atoms with van der Waals surface area (Å²) in [5.41, 5.74) is 11.6. The van der Waals surface area contributed by atoms with Crippen molar-refractivity contribution in [1.29, 1.82) is 0 Å². The van der Waals surface area contributed by atoms with Gasteiger partial charge in [-0.1, -0.05) is 138 Å². The van der Waals surface area contributed by atoms with Crippen molar-refractivity contribution in [3.8, 4) is 11.1 Å². The molecule has 174 valence electrons. The van der Waals surface area contributed by atoms with Crippen LogP contribution in [0.2, 0.25) is 0 Å². The lowest BCUT2D eigenvalue weighted by Crippen LogP contribution is -2.28. The first-order valence-corrected chi connectivity index (χ1v) is 13.1. The molecule has 0 aliphatic heterocycles. The Morgan fingerprint density at radius 1 is 0.667 bits per heavy atom. The molecule has 0 heterocycles. The van der Waals surface area contributed by atoms with Crippen LogP contribution in [0.3, 0.4) is 0 Å². The van der Waals surface area contributed by atoms with E-state index in [-0.39, 0.29) is 10.8 Å². The van der Waals surface area contributed by atoms with Crippen LogP contribution in [0, 0.1) is 13.8 Å². The van der Waals surface area contributed by atoms with Crippen molar-refractivity contribution < 1.29 is 0 Å². The Labute approximate surface area is 202 Å². The third kappa shape index (κ3) is 4.54. The quantitative estimate of drug-likeness (QED) is 0.307. The molecule has 0 saturated carbocycles. The van der Waals surface area contributed by atoms with Crippen LogP contribution in [0.25, 0.3) is 11.1 Å². The summed E-state index contributed by atoms with van der Waals surface area (Å²) in [4.78, 5) is 0. The Kier molecular flexibility index (Phi) is 6.85. The topological polar surface area (TPSA) is 0 Å². The fraction of sp³-hybridized carbons (Fsp3) is 0.455. The SMILES string of the molecule is CCCCCCCCC1(c2cccc(C(C)(C)C)c2)c2cc(C)ccc2-c2ccc(C)cc21. The highest BCUT2D eigenvalue weighted by molar-refractivity contribution is 5.84. The van der Waals surface area contributed by atoms with Gasteiger partial charge < -0.3 is 0 Å². The molecular formula is C33H42. The van der Waals surface area contributed by atoms with Crippen molar-refractivity contribution in [2.24, 2.45) is 0 Å². The van der Waals surface area contributed by atoms with Gasteiger partial charge in [0.2, 0.25) is 0 Å². The van der Waals surface area contributed by atoms with E-state index in [1.165, 1.54) is 89.5 Å². The predicted octanol–water partition coefficient (Wildman–Crippen LogP) is 9.67. The lowest BCUT2D eigenvalue weighted by Gasteiger charge is -2.35. The number of fused-ring (bicyclic) bond motifs is 3. The smallest absolute Gasteiger partial charge is 0.0463 e. The van der Waals surface area contributed by atoms with Crippen molar-refractivity contribution in [2.45, 2.75) is 97.3 Å². The van der Waals surface area contributed by atoms with E-state index >= 15 is 0 Å². The van der Waals surface area contributed by atoms with E-state index in [9.17, 15) is 0 Å². The van der Waals surface area contributed by atoms with Gasteiger partial charge in [0.05, 0.1) is 0 Å². The maximum atomic E-state index is 2.51. The minimum atomic E-state index is -0.0608. The maximum absolute atomic E-state index is 2.51. The highest BCUT2D eigenvalue weighted by Gasteiger charge is 2.44. The number of unbranched alkanes of at least 4 members (excludes halogenated alkanes) is 5. The molecule has 4 rings (SSSR count). The van der Waals surface area contributed by atoms with Crippen LogP contribution in [-0.2, 0) is 10.8 Å². The van der Waals surface area contributed by atoms with Gasteiger partial charge >= 0.3 is 0 Å². The molecule has 0 unspecified atom stereocenters. The average Bonchev–Trinajstić information content (AvgIpc) is 3.05. The molecule has 0 saturated heterocycles. The minimum Gasteiger partial charge on any atom is -0.0654 e. The van der Waals surface area contributed by atoms with Gasteiger partial charge in [0.25, 0.3) is 0 Å². The van der Waals surface area contributed by atoms with Gasteiger partial charge in [0, 0.05) is 5.41 Å². The molecule has 0 fully saturated rings. The summed E-state index contributed by atoms with van der Waals surface area (Å²) < 4.78 is 0. The van der Waals surface area contributed by atoms with Crippen LogP contribution in [0.4, 0.5) is 0 Å². The van der Waals surface area contributed by atoms with Crippen LogP contribution in [-0.4, -0.2) is 0 Å². The Bertz CT molecular complexity index is 1060. The lowest BCUT2D eigenvalue weighted by molar-refractivity contribution is 0.504. The monoisotopic (exact) mass is 438 g/mol. The second kappa shape index (κ2) is 9.49. The number of hydrogen-bond acceptors (Lipinski definition) is 0. The fourth-order valence-corrected chi connectivity index (χ4v) is 5.78. The van der Waals surface area contributed by atoms with Crippen LogP contribution in [0.1, 0.15) is 106 Å². The van der Waals surface area contributed by atoms with E-state index in [0.29, 0.717) is 0 Å². The number of benzene rings is 3. The zero-order valence-electron chi connectivity index (χ0n) is 21.7. The molecule has 1 aliphatic carbocycles. The number of aryl methyl sites for hydroxylation is 2. The zero-order valence-corrected chi connectivity index (χ0v) is 21.7. The molecule has 0 atom stereocenters. The first-order valence-electron chi connectivity index (χ1n) is 13.1. The van der Waals surface area contributed by atoms with E-state index in [0.717, 1.165) is 0 Å². The molecule has 0 radical (unpaired) electrons. The van der Waals surface area contributed by atoms with Crippen LogP contribution in [0.5, 0.6) is 0 Å². The van der Waals surface area contributed by atoms with Crippen molar-refractivity contribution in [1.82, 2.24) is 0 Å². The molecule has 0 heteroatoms. The molecule has 3 aromatic carbocycles. The van der Waals surface area contributed by atoms with E-state index in [1.54, 1.807) is 0 Å². The van der Waals surface area contributed by atoms with Crippen molar-refractivity contribution in [3.63, 3.8) is 0 Å². The van der Waals surface area contributed by atoms with E-state index < -0.39 is 0 Å². The molecule has 0 nitrogen and oxygen atoms in total. The van der Waals surface area contributed by atoms with Gasteiger partial charge in [0.15, 0.2) is 0 Å². The normalized spacial score (nSPS) is 14.2. The molecule has 0 aromatic heterocycles. The van der Waals surface area contributed by atoms with E-state index in [1.807, 2.05) is 0 Å². The Morgan fingerprint density at radius 2 is 1.24 bits per heavy atom. The van der Waals surface area contributed by atoms with Gasteiger partial charge in [-0.05, 0) is 59.1 Å².